The maximum atomic E-state index is 12.7. The summed E-state index contributed by atoms with van der Waals surface area (Å²) in [6.07, 6.45) is 0. The third-order valence-electron chi connectivity index (χ3n) is 4.11. The van der Waals surface area contributed by atoms with Crippen molar-refractivity contribution < 1.29 is 14.3 Å². The smallest absolute Gasteiger partial charge is 0.267 e. The number of nitrogens with one attached hydrogen (secondary N) is 1. The Labute approximate surface area is 163 Å². The van der Waals surface area contributed by atoms with Gasteiger partial charge in [0.1, 0.15) is 9.88 Å². The van der Waals surface area contributed by atoms with Crippen LogP contribution in [0.2, 0.25) is 0 Å². The highest BCUT2D eigenvalue weighted by Gasteiger charge is 2.17. The number of rotatable bonds is 5. The fraction of sp³-hybridized carbons (Fsp3) is 0.238. The number of hydrogen-bond donors (Lipinski definition) is 1. The van der Waals surface area contributed by atoms with E-state index in [4.69, 9.17) is 9.47 Å². The Hall–Kier alpha value is -2.86. The fourth-order valence-electron chi connectivity index (χ4n) is 2.93. The van der Waals surface area contributed by atoms with Gasteiger partial charge in [0.05, 0.1) is 19.9 Å². The summed E-state index contributed by atoms with van der Waals surface area (Å²) < 4.78 is 10.6. The first kappa shape index (κ1) is 18.9. The van der Waals surface area contributed by atoms with Crippen molar-refractivity contribution >= 4 is 22.9 Å². The summed E-state index contributed by atoms with van der Waals surface area (Å²) in [5.74, 6) is 1.13. The molecular formula is C21H22N2O3S. The Bertz CT molecular complexity index is 975. The van der Waals surface area contributed by atoms with E-state index in [1.54, 1.807) is 14.2 Å². The van der Waals surface area contributed by atoms with Gasteiger partial charge in [0.2, 0.25) is 0 Å². The molecule has 3 rings (SSSR count). The van der Waals surface area contributed by atoms with E-state index in [9.17, 15) is 4.79 Å². The van der Waals surface area contributed by atoms with E-state index in [2.05, 4.69) is 16.4 Å². The molecule has 0 aliphatic rings. The minimum atomic E-state index is -0.151. The number of nitrogens with zero attached hydrogens (tertiary/aromatic N) is 1. The fourth-order valence-corrected chi connectivity index (χ4v) is 3.89. The average Bonchev–Trinajstić information content (AvgIpc) is 3.02. The van der Waals surface area contributed by atoms with Crippen LogP contribution in [0.1, 0.15) is 26.5 Å². The summed E-state index contributed by atoms with van der Waals surface area (Å²) in [4.78, 5) is 17.9. The molecule has 0 saturated carbocycles. The van der Waals surface area contributed by atoms with Crippen LogP contribution >= 0.6 is 11.3 Å². The topological polar surface area (TPSA) is 60.5 Å². The normalized spacial score (nSPS) is 10.6. The molecule has 0 atom stereocenters. The molecule has 0 fully saturated rings. The molecule has 6 heteroatoms. The van der Waals surface area contributed by atoms with Gasteiger partial charge in [-0.05, 0) is 62.2 Å². The minimum absolute atomic E-state index is 0.151. The highest BCUT2D eigenvalue weighted by atomic mass is 32.1. The number of carbonyl (C=O) groups is 1. The Morgan fingerprint density at radius 2 is 1.63 bits per heavy atom. The zero-order valence-electron chi connectivity index (χ0n) is 16.0. The van der Waals surface area contributed by atoms with Crippen LogP contribution in [0, 0.1) is 20.8 Å². The van der Waals surface area contributed by atoms with Crippen LogP contribution in [0.4, 0.5) is 5.69 Å². The quantitative estimate of drug-likeness (QED) is 0.674. The second-order valence-corrected chi connectivity index (χ2v) is 7.33. The summed E-state index contributed by atoms with van der Waals surface area (Å²) in [5.41, 5.74) is 4.59. The van der Waals surface area contributed by atoms with Crippen LogP contribution in [-0.2, 0) is 0 Å². The summed E-state index contributed by atoms with van der Waals surface area (Å²) >= 11 is 1.36. The predicted molar refractivity (Wildman–Crippen MR) is 109 cm³/mol. The minimum Gasteiger partial charge on any atom is -0.493 e. The van der Waals surface area contributed by atoms with E-state index in [1.165, 1.54) is 11.3 Å². The number of thiazole rings is 1. The van der Waals surface area contributed by atoms with Crippen molar-refractivity contribution in [2.24, 2.45) is 0 Å². The van der Waals surface area contributed by atoms with Gasteiger partial charge < -0.3 is 14.8 Å². The van der Waals surface area contributed by atoms with Gasteiger partial charge in [-0.15, -0.1) is 11.3 Å². The first-order valence-electron chi connectivity index (χ1n) is 8.50. The summed E-state index contributed by atoms with van der Waals surface area (Å²) in [6, 6.07) is 11.6. The maximum Gasteiger partial charge on any atom is 0.267 e. The molecule has 0 aliphatic carbocycles. The molecule has 3 aromatic rings. The monoisotopic (exact) mass is 382 g/mol. The average molecular weight is 382 g/mol. The molecule has 2 aromatic carbocycles. The van der Waals surface area contributed by atoms with Gasteiger partial charge in [-0.2, -0.15) is 0 Å². The van der Waals surface area contributed by atoms with Crippen LogP contribution in [-0.4, -0.2) is 25.1 Å². The molecular weight excluding hydrogens is 360 g/mol. The van der Waals surface area contributed by atoms with E-state index >= 15 is 0 Å². The van der Waals surface area contributed by atoms with Gasteiger partial charge >= 0.3 is 0 Å². The largest absolute Gasteiger partial charge is 0.493 e. The number of aromatic nitrogens is 1. The van der Waals surface area contributed by atoms with Gasteiger partial charge in [0, 0.05) is 11.3 Å². The molecule has 5 nitrogen and oxygen atoms in total. The van der Waals surface area contributed by atoms with Gasteiger partial charge in [-0.25, -0.2) is 4.98 Å². The number of benzene rings is 2. The van der Waals surface area contributed by atoms with E-state index < -0.39 is 0 Å². The van der Waals surface area contributed by atoms with E-state index in [-0.39, 0.29) is 5.91 Å². The molecule has 0 bridgehead atoms. The number of carbonyl (C=O) groups excluding carboxylic acids is 1. The molecule has 1 heterocycles. The number of amides is 1. The number of methoxy groups -OCH3 is 2. The molecule has 0 aliphatic heterocycles. The first-order chi connectivity index (χ1) is 12.9. The van der Waals surface area contributed by atoms with Crippen molar-refractivity contribution in [1.29, 1.82) is 0 Å². The van der Waals surface area contributed by atoms with Crippen LogP contribution in [0.25, 0.3) is 10.6 Å². The van der Waals surface area contributed by atoms with Crippen molar-refractivity contribution in [3.8, 4) is 22.1 Å². The molecule has 0 radical (unpaired) electrons. The molecule has 1 amide bonds. The lowest BCUT2D eigenvalue weighted by Gasteiger charge is -2.08. The summed E-state index contributed by atoms with van der Waals surface area (Å²) in [7, 11) is 3.19. The van der Waals surface area contributed by atoms with Crippen LogP contribution in [0.3, 0.4) is 0 Å². The van der Waals surface area contributed by atoms with Crippen molar-refractivity contribution in [3.63, 3.8) is 0 Å². The Balaban J connectivity index is 1.89. The van der Waals surface area contributed by atoms with Crippen molar-refractivity contribution in [1.82, 2.24) is 4.98 Å². The van der Waals surface area contributed by atoms with Crippen molar-refractivity contribution in [2.45, 2.75) is 20.8 Å². The van der Waals surface area contributed by atoms with E-state index in [1.807, 2.05) is 51.1 Å². The number of aryl methyl sites for hydroxylation is 3. The summed E-state index contributed by atoms with van der Waals surface area (Å²) in [6.45, 7) is 5.86. The van der Waals surface area contributed by atoms with Gasteiger partial charge in [-0.3, -0.25) is 4.79 Å². The number of anilines is 1. The third kappa shape index (κ3) is 4.11. The zero-order valence-corrected chi connectivity index (χ0v) is 16.9. The second-order valence-electron chi connectivity index (χ2n) is 6.33. The lowest BCUT2D eigenvalue weighted by molar-refractivity contribution is 0.103. The summed E-state index contributed by atoms with van der Waals surface area (Å²) in [5, 5.41) is 3.74. The highest BCUT2D eigenvalue weighted by Crippen LogP contribution is 2.35. The molecule has 1 N–H and O–H groups in total. The predicted octanol–water partition coefficient (Wildman–Crippen LogP) is 5.00. The van der Waals surface area contributed by atoms with Crippen LogP contribution < -0.4 is 14.8 Å². The molecule has 0 saturated heterocycles. The standard InChI is InChI=1S/C21H22N2O3S/c1-12-8-13(2)10-16(9-12)23-20(24)19-14(3)22-21(27-19)15-6-7-17(25-4)18(11-15)26-5/h6-11H,1-5H3,(H,23,24). The molecule has 140 valence electrons. The van der Waals surface area contributed by atoms with E-state index in [0.717, 1.165) is 27.4 Å². The Kier molecular flexibility index (Phi) is 5.46. The molecule has 1 aromatic heterocycles. The van der Waals surface area contributed by atoms with Gasteiger partial charge in [-0.1, -0.05) is 6.07 Å². The highest BCUT2D eigenvalue weighted by molar-refractivity contribution is 7.17. The Morgan fingerprint density at radius 1 is 0.963 bits per heavy atom. The lowest BCUT2D eigenvalue weighted by Crippen LogP contribution is -2.11. The van der Waals surface area contributed by atoms with E-state index in [0.29, 0.717) is 22.1 Å². The third-order valence-corrected chi connectivity index (χ3v) is 5.32. The van der Waals surface area contributed by atoms with Gasteiger partial charge in [0.15, 0.2) is 11.5 Å². The number of hydrogen-bond acceptors (Lipinski definition) is 5. The lowest BCUT2D eigenvalue weighted by atomic mass is 10.1. The first-order valence-corrected chi connectivity index (χ1v) is 9.32. The van der Waals surface area contributed by atoms with Crippen molar-refractivity contribution in [2.75, 3.05) is 19.5 Å². The van der Waals surface area contributed by atoms with Crippen LogP contribution in [0.5, 0.6) is 11.5 Å². The SMILES string of the molecule is COc1ccc(-c2nc(C)c(C(=O)Nc3cc(C)cc(C)c3)s2)cc1OC. The number of ether oxygens (including phenoxy) is 2. The molecule has 0 unspecified atom stereocenters. The van der Waals surface area contributed by atoms with Crippen molar-refractivity contribution in [3.05, 3.63) is 58.1 Å². The van der Waals surface area contributed by atoms with Gasteiger partial charge in [0.25, 0.3) is 5.91 Å². The van der Waals surface area contributed by atoms with Crippen LogP contribution in [0.15, 0.2) is 36.4 Å². The molecule has 27 heavy (non-hydrogen) atoms. The maximum absolute atomic E-state index is 12.7. The Morgan fingerprint density at radius 3 is 2.26 bits per heavy atom. The molecule has 0 spiro atoms. The zero-order chi connectivity index (χ0) is 19.6. The second kappa shape index (κ2) is 7.80.